The Morgan fingerprint density at radius 1 is 1.25 bits per heavy atom. The van der Waals surface area contributed by atoms with Crippen molar-refractivity contribution in [3.05, 3.63) is 0 Å². The third-order valence-corrected chi connectivity index (χ3v) is 4.78. The van der Waals surface area contributed by atoms with Gasteiger partial charge in [-0.05, 0) is 33.2 Å². The zero-order valence-corrected chi connectivity index (χ0v) is 12.8. The van der Waals surface area contributed by atoms with Gasteiger partial charge in [-0.3, -0.25) is 9.80 Å². The maximum absolute atomic E-state index is 3.65. The molecule has 0 amide bonds. The van der Waals surface area contributed by atoms with Crippen LogP contribution in [-0.2, 0) is 0 Å². The van der Waals surface area contributed by atoms with Crippen LogP contribution in [0.3, 0.4) is 0 Å². The number of likely N-dealkylation sites (N-methyl/N-ethyl adjacent to an activating group) is 1. The molecule has 0 aromatic heterocycles. The third-order valence-electron chi connectivity index (χ3n) is 3.87. The maximum Gasteiger partial charge on any atom is 0.0195 e. The molecule has 0 N–H and O–H groups in total. The fourth-order valence-electron chi connectivity index (χ4n) is 2.65. The fraction of sp³-hybridized carbons (Fsp3) is 1.00. The average molecular weight is 291 g/mol. The Kier molecular flexibility index (Phi) is 6.30. The highest BCUT2D eigenvalue weighted by Crippen LogP contribution is 2.17. The summed E-state index contributed by atoms with van der Waals surface area (Å²) in [6.07, 6.45) is 2.65. The van der Waals surface area contributed by atoms with Gasteiger partial charge in [0.2, 0.25) is 0 Å². The Morgan fingerprint density at radius 2 is 1.81 bits per heavy atom. The third kappa shape index (κ3) is 4.01. The zero-order valence-electron chi connectivity index (χ0n) is 11.2. The molecule has 3 unspecified atom stereocenters. The van der Waals surface area contributed by atoms with E-state index in [-0.39, 0.29) is 0 Å². The number of alkyl halides is 1. The van der Waals surface area contributed by atoms with Gasteiger partial charge in [-0.15, -0.1) is 0 Å². The van der Waals surface area contributed by atoms with Crippen molar-refractivity contribution >= 4 is 15.9 Å². The van der Waals surface area contributed by atoms with Crippen molar-refractivity contribution in [2.75, 3.05) is 32.0 Å². The van der Waals surface area contributed by atoms with Gasteiger partial charge in [0.15, 0.2) is 0 Å². The lowest BCUT2D eigenvalue weighted by Gasteiger charge is -2.43. The number of hydrogen-bond donors (Lipinski definition) is 0. The minimum absolute atomic E-state index is 0.696. The largest absolute Gasteiger partial charge is 0.300 e. The highest BCUT2D eigenvalue weighted by atomic mass is 79.9. The first-order valence-electron chi connectivity index (χ1n) is 6.58. The van der Waals surface area contributed by atoms with E-state index in [4.69, 9.17) is 0 Å². The molecule has 0 aromatic carbocycles. The van der Waals surface area contributed by atoms with Gasteiger partial charge in [-0.2, -0.15) is 0 Å². The summed E-state index contributed by atoms with van der Waals surface area (Å²) in [6.45, 7) is 10.7. The lowest BCUT2D eigenvalue weighted by atomic mass is 10.0. The van der Waals surface area contributed by atoms with Crippen LogP contribution in [0.1, 0.15) is 33.6 Å². The Morgan fingerprint density at radius 3 is 2.25 bits per heavy atom. The lowest BCUT2D eigenvalue weighted by molar-refractivity contribution is 0.0518. The highest BCUT2D eigenvalue weighted by Gasteiger charge is 2.27. The van der Waals surface area contributed by atoms with Gasteiger partial charge in [0, 0.05) is 37.0 Å². The highest BCUT2D eigenvalue weighted by molar-refractivity contribution is 9.09. The summed E-state index contributed by atoms with van der Waals surface area (Å²) in [7, 11) is 2.25. The lowest BCUT2D eigenvalue weighted by Crippen LogP contribution is -2.55. The number of nitrogens with zero attached hydrogens (tertiary/aromatic N) is 2. The van der Waals surface area contributed by atoms with Crippen LogP contribution in [0, 0.1) is 5.92 Å². The van der Waals surface area contributed by atoms with E-state index >= 15 is 0 Å². The van der Waals surface area contributed by atoms with E-state index in [1.54, 1.807) is 0 Å². The second kappa shape index (κ2) is 6.97. The molecule has 0 spiro atoms. The molecule has 1 heterocycles. The molecule has 96 valence electrons. The Bertz CT molecular complexity index is 186. The van der Waals surface area contributed by atoms with E-state index in [2.05, 4.69) is 53.5 Å². The molecule has 0 aliphatic carbocycles. The molecule has 3 heteroatoms. The first kappa shape index (κ1) is 14.5. The molecular formula is C13H27BrN2. The van der Waals surface area contributed by atoms with Crippen LogP contribution in [0.5, 0.6) is 0 Å². The van der Waals surface area contributed by atoms with Gasteiger partial charge in [0.1, 0.15) is 0 Å². The normalized spacial score (nSPS) is 30.6. The molecule has 0 radical (unpaired) electrons. The number of piperazine rings is 1. The average Bonchev–Trinajstić information content (AvgIpc) is 2.25. The van der Waals surface area contributed by atoms with Crippen molar-refractivity contribution < 1.29 is 0 Å². The molecule has 0 saturated carbocycles. The van der Waals surface area contributed by atoms with Crippen molar-refractivity contribution in [1.29, 1.82) is 0 Å². The van der Waals surface area contributed by atoms with Crippen LogP contribution in [-0.4, -0.2) is 53.9 Å². The minimum atomic E-state index is 0.696. The Hall–Kier alpha value is 0.400. The van der Waals surface area contributed by atoms with Crippen LogP contribution in [0.4, 0.5) is 0 Å². The SMILES string of the molecule is CCCC(CBr)CN1CC(C)N(C)C(C)C1. The molecule has 1 aliphatic rings. The predicted octanol–water partition coefficient (Wildman–Crippen LogP) is 2.82. The van der Waals surface area contributed by atoms with Gasteiger partial charge in [-0.1, -0.05) is 29.3 Å². The van der Waals surface area contributed by atoms with Crippen molar-refractivity contribution in [1.82, 2.24) is 9.80 Å². The smallest absolute Gasteiger partial charge is 0.0195 e. The fourth-order valence-corrected chi connectivity index (χ4v) is 3.18. The van der Waals surface area contributed by atoms with Gasteiger partial charge in [-0.25, -0.2) is 0 Å². The monoisotopic (exact) mass is 290 g/mol. The summed E-state index contributed by atoms with van der Waals surface area (Å²) in [6, 6.07) is 1.39. The summed E-state index contributed by atoms with van der Waals surface area (Å²) in [5.41, 5.74) is 0. The summed E-state index contributed by atoms with van der Waals surface area (Å²) in [4.78, 5) is 5.15. The van der Waals surface area contributed by atoms with Crippen LogP contribution < -0.4 is 0 Å². The second-order valence-electron chi connectivity index (χ2n) is 5.39. The quantitative estimate of drug-likeness (QED) is 0.719. The van der Waals surface area contributed by atoms with E-state index < -0.39 is 0 Å². The first-order valence-corrected chi connectivity index (χ1v) is 7.70. The molecule has 1 rings (SSSR count). The molecule has 0 bridgehead atoms. The van der Waals surface area contributed by atoms with E-state index in [0.29, 0.717) is 12.1 Å². The summed E-state index contributed by atoms with van der Waals surface area (Å²) >= 11 is 3.65. The van der Waals surface area contributed by atoms with Gasteiger partial charge in [0.25, 0.3) is 0 Å². The topological polar surface area (TPSA) is 6.48 Å². The molecule has 1 fully saturated rings. The Balaban J connectivity index is 2.42. The molecule has 1 aliphatic heterocycles. The first-order chi connectivity index (χ1) is 7.58. The van der Waals surface area contributed by atoms with Crippen LogP contribution in [0.25, 0.3) is 0 Å². The number of hydrogen-bond acceptors (Lipinski definition) is 2. The van der Waals surface area contributed by atoms with E-state index in [1.165, 1.54) is 32.5 Å². The van der Waals surface area contributed by atoms with Crippen LogP contribution >= 0.6 is 15.9 Å². The summed E-state index contributed by atoms with van der Waals surface area (Å²) < 4.78 is 0. The predicted molar refractivity (Wildman–Crippen MR) is 75.3 cm³/mol. The van der Waals surface area contributed by atoms with Crippen LogP contribution in [0.15, 0.2) is 0 Å². The molecule has 2 nitrogen and oxygen atoms in total. The van der Waals surface area contributed by atoms with Crippen molar-refractivity contribution in [3.63, 3.8) is 0 Å². The van der Waals surface area contributed by atoms with Crippen molar-refractivity contribution in [2.45, 2.75) is 45.7 Å². The van der Waals surface area contributed by atoms with Gasteiger partial charge >= 0.3 is 0 Å². The van der Waals surface area contributed by atoms with Gasteiger partial charge in [0.05, 0.1) is 0 Å². The molecular weight excluding hydrogens is 264 g/mol. The van der Waals surface area contributed by atoms with E-state index in [9.17, 15) is 0 Å². The zero-order chi connectivity index (χ0) is 12.1. The van der Waals surface area contributed by atoms with Crippen LogP contribution in [0.2, 0.25) is 0 Å². The number of halogens is 1. The Labute approximate surface area is 109 Å². The second-order valence-corrected chi connectivity index (χ2v) is 6.04. The molecule has 16 heavy (non-hydrogen) atoms. The summed E-state index contributed by atoms with van der Waals surface area (Å²) in [5.74, 6) is 0.827. The number of rotatable bonds is 5. The van der Waals surface area contributed by atoms with E-state index in [0.717, 1.165) is 11.2 Å². The summed E-state index contributed by atoms with van der Waals surface area (Å²) in [5, 5.41) is 1.15. The van der Waals surface area contributed by atoms with Crippen molar-refractivity contribution in [3.8, 4) is 0 Å². The molecule has 1 saturated heterocycles. The molecule has 3 atom stereocenters. The van der Waals surface area contributed by atoms with E-state index in [1.807, 2.05) is 0 Å². The van der Waals surface area contributed by atoms with Gasteiger partial charge < -0.3 is 0 Å². The minimum Gasteiger partial charge on any atom is -0.300 e. The standard InChI is InChI=1S/C13H27BrN2/c1-5-6-13(7-14)10-16-8-11(2)15(4)12(3)9-16/h11-13H,5-10H2,1-4H3. The van der Waals surface area contributed by atoms with Crippen molar-refractivity contribution in [2.24, 2.45) is 5.92 Å². The maximum atomic E-state index is 3.65. The molecule has 0 aromatic rings.